The number of amides is 1. The second kappa shape index (κ2) is 12.2. The van der Waals surface area contributed by atoms with E-state index in [1.165, 1.54) is 62.0 Å². The Morgan fingerprint density at radius 3 is 2.31 bits per heavy atom. The Bertz CT molecular complexity index is 1660. The van der Waals surface area contributed by atoms with Crippen molar-refractivity contribution in [3.05, 3.63) is 82.7 Å². The summed E-state index contributed by atoms with van der Waals surface area (Å²) < 4.78 is 45.9. The fraction of sp³-hybridized carbons (Fsp3) is 0.222. The molecule has 0 bridgehead atoms. The minimum absolute atomic E-state index is 0.0789. The maximum atomic E-state index is 13.0. The Labute approximate surface area is 229 Å². The summed E-state index contributed by atoms with van der Waals surface area (Å²) in [6.07, 6.45) is 0. The quantitative estimate of drug-likeness (QED) is 0.225. The zero-order chi connectivity index (χ0) is 28.0. The summed E-state index contributed by atoms with van der Waals surface area (Å²) in [6, 6.07) is 17.2. The predicted molar refractivity (Wildman–Crippen MR) is 148 cm³/mol. The number of methoxy groups -OCH3 is 2. The number of rotatable bonds is 10. The third-order valence-corrected chi connectivity index (χ3v) is 8.16. The third-order valence-electron chi connectivity index (χ3n) is 5.72. The fourth-order valence-corrected chi connectivity index (χ4v) is 5.87. The first kappa shape index (κ1) is 28.0. The van der Waals surface area contributed by atoms with Crippen LogP contribution in [0.2, 0.25) is 0 Å². The van der Waals surface area contributed by atoms with Gasteiger partial charge >= 0.3 is 5.97 Å². The van der Waals surface area contributed by atoms with Crippen molar-refractivity contribution in [1.29, 1.82) is 0 Å². The first-order valence-electron chi connectivity index (χ1n) is 11.9. The number of hydrogen-bond acceptors (Lipinski definition) is 8. The SMILES string of the molecule is CCOCCn1c(=NC(=O)c2ccc(NS(=O)(=O)c3ccc(OC)cc3)cc2)sc2cc(C(=O)OC)ccc21. The normalized spacial score (nSPS) is 11.9. The van der Waals surface area contributed by atoms with Crippen LogP contribution in [0.1, 0.15) is 27.6 Å². The first-order valence-corrected chi connectivity index (χ1v) is 14.2. The van der Waals surface area contributed by atoms with Gasteiger partial charge in [-0.1, -0.05) is 11.3 Å². The lowest BCUT2D eigenvalue weighted by atomic mass is 10.2. The zero-order valence-electron chi connectivity index (χ0n) is 21.5. The molecular weight excluding hydrogens is 542 g/mol. The molecule has 12 heteroatoms. The molecule has 0 spiro atoms. The van der Waals surface area contributed by atoms with Crippen LogP contribution in [0.3, 0.4) is 0 Å². The van der Waals surface area contributed by atoms with Gasteiger partial charge in [-0.2, -0.15) is 4.99 Å². The van der Waals surface area contributed by atoms with Crippen LogP contribution in [0, 0.1) is 0 Å². The summed E-state index contributed by atoms with van der Waals surface area (Å²) in [5, 5.41) is 0. The summed E-state index contributed by atoms with van der Waals surface area (Å²) in [4.78, 5) is 29.9. The molecule has 0 saturated heterocycles. The number of aromatic nitrogens is 1. The first-order chi connectivity index (χ1) is 18.7. The topological polar surface area (TPSA) is 125 Å². The van der Waals surface area contributed by atoms with Gasteiger partial charge in [0, 0.05) is 24.4 Å². The van der Waals surface area contributed by atoms with E-state index in [1.807, 2.05) is 11.5 Å². The van der Waals surface area contributed by atoms with E-state index >= 15 is 0 Å². The Morgan fingerprint density at radius 1 is 0.974 bits per heavy atom. The highest BCUT2D eigenvalue weighted by Gasteiger charge is 2.16. The van der Waals surface area contributed by atoms with Gasteiger partial charge in [-0.25, -0.2) is 13.2 Å². The molecule has 10 nitrogen and oxygen atoms in total. The molecule has 1 aromatic heterocycles. The van der Waals surface area contributed by atoms with Crippen LogP contribution < -0.4 is 14.3 Å². The number of esters is 1. The second-order valence-corrected chi connectivity index (χ2v) is 10.9. The number of anilines is 1. The van der Waals surface area contributed by atoms with E-state index < -0.39 is 21.9 Å². The van der Waals surface area contributed by atoms with Crippen LogP contribution >= 0.6 is 11.3 Å². The van der Waals surface area contributed by atoms with Crippen molar-refractivity contribution in [2.24, 2.45) is 4.99 Å². The molecule has 3 aromatic carbocycles. The van der Waals surface area contributed by atoms with Crippen LogP contribution in [0.25, 0.3) is 10.2 Å². The van der Waals surface area contributed by atoms with Crippen molar-refractivity contribution in [1.82, 2.24) is 4.57 Å². The van der Waals surface area contributed by atoms with Crippen molar-refractivity contribution < 1.29 is 32.2 Å². The minimum Gasteiger partial charge on any atom is -0.497 e. The van der Waals surface area contributed by atoms with E-state index in [-0.39, 0.29) is 10.5 Å². The van der Waals surface area contributed by atoms with E-state index in [9.17, 15) is 18.0 Å². The number of benzene rings is 3. The highest BCUT2D eigenvalue weighted by Crippen LogP contribution is 2.22. The van der Waals surface area contributed by atoms with Crippen LogP contribution in [-0.2, 0) is 26.0 Å². The number of fused-ring (bicyclic) bond motifs is 1. The molecule has 0 radical (unpaired) electrons. The van der Waals surface area contributed by atoms with E-state index in [0.717, 1.165) is 10.2 Å². The van der Waals surface area contributed by atoms with Gasteiger partial charge in [-0.05, 0) is 73.7 Å². The lowest BCUT2D eigenvalue weighted by Gasteiger charge is -2.09. The van der Waals surface area contributed by atoms with Gasteiger partial charge in [0.1, 0.15) is 5.75 Å². The van der Waals surface area contributed by atoms with Crippen molar-refractivity contribution in [2.45, 2.75) is 18.4 Å². The standard InChI is InChI=1S/C27H27N3O7S2/c1-4-37-16-15-30-23-14-7-19(26(32)36-3)17-24(23)38-27(30)28-25(31)18-5-8-20(9-6-18)29-39(33,34)22-12-10-21(35-2)11-13-22/h5-14,17,29H,4,15-16H2,1-3H3. The third kappa shape index (κ3) is 6.53. The van der Waals surface area contributed by atoms with Crippen molar-refractivity contribution in [2.75, 3.05) is 32.2 Å². The molecule has 0 fully saturated rings. The summed E-state index contributed by atoms with van der Waals surface area (Å²) in [5.41, 5.74) is 1.79. The largest absolute Gasteiger partial charge is 0.497 e. The van der Waals surface area contributed by atoms with Gasteiger partial charge in [-0.15, -0.1) is 0 Å². The molecule has 1 amide bonds. The highest BCUT2D eigenvalue weighted by atomic mass is 32.2. The van der Waals surface area contributed by atoms with E-state index in [4.69, 9.17) is 14.2 Å². The average Bonchev–Trinajstić information content (AvgIpc) is 3.28. The number of nitrogens with zero attached hydrogens (tertiary/aromatic N) is 2. The number of hydrogen-bond donors (Lipinski definition) is 1. The van der Waals surface area contributed by atoms with Crippen LogP contribution in [0.5, 0.6) is 5.75 Å². The predicted octanol–water partition coefficient (Wildman–Crippen LogP) is 4.08. The molecule has 1 heterocycles. The number of sulfonamides is 1. The van der Waals surface area contributed by atoms with Crippen LogP contribution in [-0.4, -0.2) is 52.3 Å². The summed E-state index contributed by atoms with van der Waals surface area (Å²) >= 11 is 1.27. The molecule has 4 aromatic rings. The summed E-state index contributed by atoms with van der Waals surface area (Å²) in [5.74, 6) is -0.407. The Balaban J connectivity index is 1.60. The van der Waals surface area contributed by atoms with E-state index in [2.05, 4.69) is 9.71 Å². The minimum atomic E-state index is -3.82. The van der Waals surface area contributed by atoms with Crippen LogP contribution in [0.4, 0.5) is 5.69 Å². The lowest BCUT2D eigenvalue weighted by molar-refractivity contribution is 0.0600. The molecule has 1 N–H and O–H groups in total. The van der Waals surface area contributed by atoms with Gasteiger partial charge in [0.05, 0.1) is 41.5 Å². The van der Waals surface area contributed by atoms with Crippen molar-refractivity contribution in [3.8, 4) is 5.75 Å². The molecule has 0 aliphatic carbocycles. The lowest BCUT2D eigenvalue weighted by Crippen LogP contribution is -2.19. The Hall–Kier alpha value is -4.00. The Kier molecular flexibility index (Phi) is 8.79. The molecular formula is C27H27N3O7S2. The molecule has 0 aliphatic heterocycles. The van der Waals surface area contributed by atoms with Crippen molar-refractivity contribution >= 4 is 49.1 Å². The van der Waals surface area contributed by atoms with Gasteiger partial charge in [0.25, 0.3) is 15.9 Å². The smallest absolute Gasteiger partial charge is 0.337 e. The van der Waals surface area contributed by atoms with Gasteiger partial charge in [-0.3, -0.25) is 9.52 Å². The average molecular weight is 570 g/mol. The molecule has 204 valence electrons. The molecule has 4 rings (SSSR count). The molecule has 0 atom stereocenters. The van der Waals surface area contributed by atoms with Crippen molar-refractivity contribution in [3.63, 3.8) is 0 Å². The monoisotopic (exact) mass is 569 g/mol. The highest BCUT2D eigenvalue weighted by molar-refractivity contribution is 7.92. The maximum Gasteiger partial charge on any atom is 0.337 e. The number of ether oxygens (including phenoxy) is 3. The fourth-order valence-electron chi connectivity index (χ4n) is 3.72. The van der Waals surface area contributed by atoms with Crippen LogP contribution in [0.15, 0.2) is 76.6 Å². The van der Waals surface area contributed by atoms with Gasteiger partial charge in [0.2, 0.25) is 0 Å². The molecule has 39 heavy (non-hydrogen) atoms. The summed E-state index contributed by atoms with van der Waals surface area (Å²) in [6.45, 7) is 3.33. The Morgan fingerprint density at radius 2 is 1.67 bits per heavy atom. The molecule has 0 unspecified atom stereocenters. The summed E-state index contributed by atoms with van der Waals surface area (Å²) in [7, 11) is -1.01. The number of nitrogens with one attached hydrogen (secondary N) is 1. The second-order valence-electron chi connectivity index (χ2n) is 8.18. The maximum absolute atomic E-state index is 13.0. The number of carbonyl (C=O) groups excluding carboxylic acids is 2. The number of thiazole rings is 1. The van der Waals surface area contributed by atoms with E-state index in [1.54, 1.807) is 30.3 Å². The zero-order valence-corrected chi connectivity index (χ0v) is 23.2. The van der Waals surface area contributed by atoms with E-state index in [0.29, 0.717) is 41.6 Å². The van der Waals surface area contributed by atoms with Gasteiger partial charge in [0.15, 0.2) is 4.80 Å². The molecule has 0 saturated carbocycles. The molecule has 0 aliphatic rings. The van der Waals surface area contributed by atoms with Gasteiger partial charge < -0.3 is 18.8 Å². The number of carbonyl (C=O) groups is 2.